The number of aromatic nitrogens is 1. The van der Waals surface area contributed by atoms with E-state index in [1.807, 2.05) is 25.1 Å². The number of benzene rings is 1. The van der Waals surface area contributed by atoms with Gasteiger partial charge in [0.2, 0.25) is 0 Å². The van der Waals surface area contributed by atoms with Crippen LogP contribution >= 0.6 is 0 Å². The summed E-state index contributed by atoms with van der Waals surface area (Å²) in [5.41, 5.74) is 1.87. The van der Waals surface area contributed by atoms with E-state index in [1.165, 1.54) is 5.56 Å². The molecule has 3 heteroatoms. The van der Waals surface area contributed by atoms with Crippen molar-refractivity contribution in [1.82, 2.24) is 10.3 Å². The highest BCUT2D eigenvalue weighted by atomic mass is 16.1. The first-order valence-electron chi connectivity index (χ1n) is 6.00. The van der Waals surface area contributed by atoms with Crippen LogP contribution in [-0.4, -0.2) is 16.9 Å². The smallest absolute Gasteiger partial charge is 0.251 e. The predicted molar refractivity (Wildman–Crippen MR) is 71.3 cm³/mol. The van der Waals surface area contributed by atoms with E-state index in [-0.39, 0.29) is 11.9 Å². The summed E-state index contributed by atoms with van der Waals surface area (Å²) in [7, 11) is 0. The van der Waals surface area contributed by atoms with Gasteiger partial charge in [0.05, 0.1) is 0 Å². The van der Waals surface area contributed by atoms with Gasteiger partial charge < -0.3 is 5.32 Å². The standard InChI is InChI=1S/C15H16N2O/c1-12(11-13-5-3-2-4-6-13)17-15(18)14-7-9-16-10-8-14/h2-10,12H,11H2,1H3,(H,17,18)/t12-/m0/s1. The Hall–Kier alpha value is -2.16. The molecule has 1 heterocycles. The quantitative estimate of drug-likeness (QED) is 0.891. The Morgan fingerprint density at radius 2 is 1.83 bits per heavy atom. The second-order valence-corrected chi connectivity index (χ2v) is 4.30. The molecule has 1 aromatic heterocycles. The second kappa shape index (κ2) is 5.96. The fourth-order valence-corrected chi connectivity index (χ4v) is 1.83. The molecule has 0 saturated heterocycles. The van der Waals surface area contributed by atoms with Crippen molar-refractivity contribution < 1.29 is 4.79 Å². The third kappa shape index (κ3) is 3.42. The molecular weight excluding hydrogens is 224 g/mol. The molecule has 0 unspecified atom stereocenters. The lowest BCUT2D eigenvalue weighted by atomic mass is 10.1. The van der Waals surface area contributed by atoms with Gasteiger partial charge in [0.15, 0.2) is 0 Å². The fourth-order valence-electron chi connectivity index (χ4n) is 1.83. The van der Waals surface area contributed by atoms with Gasteiger partial charge in [0.25, 0.3) is 5.91 Å². The first-order chi connectivity index (χ1) is 8.75. The summed E-state index contributed by atoms with van der Waals surface area (Å²) in [5.74, 6) is -0.0548. The predicted octanol–water partition coefficient (Wildman–Crippen LogP) is 2.44. The van der Waals surface area contributed by atoms with Crippen LogP contribution in [0.15, 0.2) is 54.9 Å². The average Bonchev–Trinajstić information content (AvgIpc) is 2.40. The summed E-state index contributed by atoms with van der Waals surface area (Å²) >= 11 is 0. The molecule has 0 radical (unpaired) electrons. The molecular formula is C15H16N2O. The highest BCUT2D eigenvalue weighted by molar-refractivity contribution is 5.94. The largest absolute Gasteiger partial charge is 0.349 e. The minimum absolute atomic E-state index is 0.0548. The number of carbonyl (C=O) groups is 1. The Morgan fingerprint density at radius 3 is 2.50 bits per heavy atom. The molecule has 0 fully saturated rings. The van der Waals surface area contributed by atoms with Crippen molar-refractivity contribution in [2.75, 3.05) is 0 Å². The lowest BCUT2D eigenvalue weighted by Gasteiger charge is -2.13. The maximum Gasteiger partial charge on any atom is 0.251 e. The molecule has 0 spiro atoms. The first kappa shape index (κ1) is 12.3. The zero-order valence-corrected chi connectivity index (χ0v) is 10.3. The third-order valence-corrected chi connectivity index (χ3v) is 2.70. The van der Waals surface area contributed by atoms with Crippen molar-refractivity contribution >= 4 is 5.91 Å². The van der Waals surface area contributed by atoms with Crippen molar-refractivity contribution in [3.63, 3.8) is 0 Å². The maximum absolute atomic E-state index is 11.9. The maximum atomic E-state index is 11.9. The van der Waals surface area contributed by atoms with Crippen LogP contribution in [0.1, 0.15) is 22.8 Å². The molecule has 1 aromatic carbocycles. The Balaban J connectivity index is 1.92. The van der Waals surface area contributed by atoms with Gasteiger partial charge in [-0.15, -0.1) is 0 Å². The van der Waals surface area contributed by atoms with Gasteiger partial charge in [0.1, 0.15) is 0 Å². The number of rotatable bonds is 4. The molecule has 0 aliphatic carbocycles. The van der Waals surface area contributed by atoms with Gasteiger partial charge in [-0.05, 0) is 31.0 Å². The van der Waals surface area contributed by atoms with Crippen LogP contribution in [0.25, 0.3) is 0 Å². The van der Waals surface area contributed by atoms with Crippen molar-refractivity contribution in [3.8, 4) is 0 Å². The molecule has 0 aliphatic rings. The van der Waals surface area contributed by atoms with E-state index < -0.39 is 0 Å². The van der Waals surface area contributed by atoms with E-state index in [1.54, 1.807) is 24.5 Å². The van der Waals surface area contributed by atoms with Gasteiger partial charge in [-0.2, -0.15) is 0 Å². The first-order valence-corrected chi connectivity index (χ1v) is 6.00. The molecule has 0 aliphatic heterocycles. The van der Waals surface area contributed by atoms with E-state index in [9.17, 15) is 4.79 Å². The number of nitrogens with one attached hydrogen (secondary N) is 1. The highest BCUT2D eigenvalue weighted by Gasteiger charge is 2.09. The molecule has 1 amide bonds. The minimum atomic E-state index is -0.0548. The molecule has 2 aromatic rings. The second-order valence-electron chi connectivity index (χ2n) is 4.30. The topological polar surface area (TPSA) is 42.0 Å². The van der Waals surface area contributed by atoms with Gasteiger partial charge in [-0.25, -0.2) is 0 Å². The van der Waals surface area contributed by atoms with Crippen LogP contribution in [0, 0.1) is 0 Å². The summed E-state index contributed by atoms with van der Waals surface area (Å²) in [5, 5.41) is 2.98. The lowest BCUT2D eigenvalue weighted by Crippen LogP contribution is -2.34. The van der Waals surface area contributed by atoms with E-state index >= 15 is 0 Å². The Kier molecular flexibility index (Phi) is 4.07. The van der Waals surface area contributed by atoms with Crippen molar-refractivity contribution in [2.45, 2.75) is 19.4 Å². The molecule has 1 atom stereocenters. The number of carbonyl (C=O) groups excluding carboxylic acids is 1. The van der Waals surface area contributed by atoms with Crippen molar-refractivity contribution in [2.24, 2.45) is 0 Å². The summed E-state index contributed by atoms with van der Waals surface area (Å²) < 4.78 is 0. The molecule has 0 bridgehead atoms. The van der Waals surface area contributed by atoms with E-state index in [4.69, 9.17) is 0 Å². The monoisotopic (exact) mass is 240 g/mol. The number of pyridine rings is 1. The van der Waals surface area contributed by atoms with Gasteiger partial charge in [-0.1, -0.05) is 30.3 Å². The normalized spacial score (nSPS) is 11.8. The highest BCUT2D eigenvalue weighted by Crippen LogP contribution is 2.04. The molecule has 1 N–H and O–H groups in total. The number of hydrogen-bond donors (Lipinski definition) is 1. The molecule has 3 nitrogen and oxygen atoms in total. The summed E-state index contributed by atoms with van der Waals surface area (Å²) in [6.45, 7) is 2.01. The van der Waals surface area contributed by atoms with Crippen LogP contribution < -0.4 is 5.32 Å². The zero-order chi connectivity index (χ0) is 12.8. The van der Waals surface area contributed by atoms with Crippen LogP contribution in [0.5, 0.6) is 0 Å². The van der Waals surface area contributed by atoms with E-state index in [0.29, 0.717) is 5.56 Å². The van der Waals surface area contributed by atoms with Crippen LogP contribution in [0.4, 0.5) is 0 Å². The Bertz CT molecular complexity index is 496. The van der Waals surface area contributed by atoms with Gasteiger partial charge in [-0.3, -0.25) is 9.78 Å². The number of amides is 1. The minimum Gasteiger partial charge on any atom is -0.349 e. The number of hydrogen-bond acceptors (Lipinski definition) is 2. The summed E-state index contributed by atoms with van der Waals surface area (Å²) in [6, 6.07) is 13.7. The Labute approximate surface area is 107 Å². The fraction of sp³-hybridized carbons (Fsp3) is 0.200. The summed E-state index contributed by atoms with van der Waals surface area (Å²) in [4.78, 5) is 15.8. The lowest BCUT2D eigenvalue weighted by molar-refractivity contribution is 0.0940. The zero-order valence-electron chi connectivity index (χ0n) is 10.3. The van der Waals surface area contributed by atoms with Crippen LogP contribution in [0.2, 0.25) is 0 Å². The molecule has 0 saturated carbocycles. The molecule has 18 heavy (non-hydrogen) atoms. The third-order valence-electron chi connectivity index (χ3n) is 2.70. The van der Waals surface area contributed by atoms with Gasteiger partial charge >= 0.3 is 0 Å². The van der Waals surface area contributed by atoms with Crippen molar-refractivity contribution in [3.05, 3.63) is 66.0 Å². The SMILES string of the molecule is C[C@@H](Cc1ccccc1)NC(=O)c1ccncc1. The van der Waals surface area contributed by atoms with Gasteiger partial charge in [0, 0.05) is 24.0 Å². The van der Waals surface area contributed by atoms with Crippen molar-refractivity contribution in [1.29, 1.82) is 0 Å². The van der Waals surface area contributed by atoms with Crippen LogP contribution in [0.3, 0.4) is 0 Å². The van der Waals surface area contributed by atoms with Crippen LogP contribution in [-0.2, 0) is 6.42 Å². The summed E-state index contributed by atoms with van der Waals surface area (Å²) in [6.07, 6.45) is 4.07. The van der Waals surface area contributed by atoms with E-state index in [0.717, 1.165) is 6.42 Å². The Morgan fingerprint density at radius 1 is 1.17 bits per heavy atom. The number of nitrogens with zero attached hydrogens (tertiary/aromatic N) is 1. The molecule has 2 rings (SSSR count). The van der Waals surface area contributed by atoms with E-state index in [2.05, 4.69) is 22.4 Å². The average molecular weight is 240 g/mol. The molecule has 92 valence electrons.